The lowest BCUT2D eigenvalue weighted by Crippen LogP contribution is -2.35. The fraction of sp³-hybridized carbons (Fsp3) is 0.625. The van der Waals surface area contributed by atoms with E-state index >= 15 is 0 Å². The Bertz CT molecular complexity index is 434. The zero-order valence-corrected chi connectivity index (χ0v) is 12.5. The zero-order valence-electron chi connectivity index (χ0n) is 12.5. The molecule has 112 valence electrons. The summed E-state index contributed by atoms with van der Waals surface area (Å²) < 4.78 is 25.0. The number of rotatable bonds is 8. The predicted molar refractivity (Wildman–Crippen MR) is 77.5 cm³/mol. The first-order valence-corrected chi connectivity index (χ1v) is 7.30. The Balaban J connectivity index is 2.24. The molecule has 1 aromatic rings. The van der Waals surface area contributed by atoms with Crippen LogP contribution in [0.5, 0.6) is 5.75 Å². The summed E-state index contributed by atoms with van der Waals surface area (Å²) in [5, 5.41) is 3.43. The van der Waals surface area contributed by atoms with Gasteiger partial charge in [0.25, 0.3) is 0 Å². The Kier molecular flexibility index (Phi) is 5.38. The van der Waals surface area contributed by atoms with Crippen molar-refractivity contribution in [2.24, 2.45) is 5.92 Å². The molecule has 0 heterocycles. The van der Waals surface area contributed by atoms with Crippen molar-refractivity contribution in [2.75, 3.05) is 20.8 Å². The van der Waals surface area contributed by atoms with Gasteiger partial charge in [0.2, 0.25) is 0 Å². The van der Waals surface area contributed by atoms with E-state index in [1.54, 1.807) is 26.4 Å². The van der Waals surface area contributed by atoms with Gasteiger partial charge in [-0.2, -0.15) is 0 Å². The molecular weight excluding hydrogens is 257 g/mol. The van der Waals surface area contributed by atoms with Crippen molar-refractivity contribution in [1.82, 2.24) is 5.32 Å². The lowest BCUT2D eigenvalue weighted by molar-refractivity contribution is 0.0496. The number of nitrogens with one attached hydrogen (secondary N) is 1. The molecule has 0 bridgehead atoms. The van der Waals surface area contributed by atoms with E-state index in [0.717, 1.165) is 13.0 Å². The summed E-state index contributed by atoms with van der Waals surface area (Å²) in [6.45, 7) is 2.95. The summed E-state index contributed by atoms with van der Waals surface area (Å²) in [5.41, 5.74) is 0.665. The Morgan fingerprint density at radius 3 is 2.60 bits per heavy atom. The number of hydrogen-bond acceptors (Lipinski definition) is 3. The predicted octanol–water partition coefficient (Wildman–Crippen LogP) is 3.30. The first kappa shape index (κ1) is 15.3. The third kappa shape index (κ3) is 3.49. The highest BCUT2D eigenvalue weighted by molar-refractivity contribution is 5.31. The molecule has 0 aliphatic heterocycles. The van der Waals surface area contributed by atoms with Crippen LogP contribution < -0.4 is 10.1 Å². The minimum Gasteiger partial charge on any atom is -0.497 e. The van der Waals surface area contributed by atoms with Crippen LogP contribution >= 0.6 is 0 Å². The average molecular weight is 281 g/mol. The highest BCUT2D eigenvalue weighted by Crippen LogP contribution is 2.40. The van der Waals surface area contributed by atoms with Crippen molar-refractivity contribution >= 4 is 0 Å². The molecule has 20 heavy (non-hydrogen) atoms. The van der Waals surface area contributed by atoms with Gasteiger partial charge in [-0.1, -0.05) is 13.0 Å². The van der Waals surface area contributed by atoms with Crippen molar-refractivity contribution in [3.8, 4) is 5.75 Å². The van der Waals surface area contributed by atoms with E-state index in [1.165, 1.54) is 18.9 Å². The maximum atomic E-state index is 14.3. The van der Waals surface area contributed by atoms with E-state index in [2.05, 4.69) is 12.2 Å². The van der Waals surface area contributed by atoms with Crippen molar-refractivity contribution in [3.63, 3.8) is 0 Å². The van der Waals surface area contributed by atoms with Crippen LogP contribution in [0.2, 0.25) is 0 Å². The second kappa shape index (κ2) is 7.04. The van der Waals surface area contributed by atoms with Crippen LogP contribution in [0.25, 0.3) is 0 Å². The molecule has 1 aromatic carbocycles. The van der Waals surface area contributed by atoms with Gasteiger partial charge >= 0.3 is 0 Å². The van der Waals surface area contributed by atoms with Crippen molar-refractivity contribution in [1.29, 1.82) is 0 Å². The molecule has 0 saturated heterocycles. The first-order chi connectivity index (χ1) is 9.71. The van der Waals surface area contributed by atoms with Gasteiger partial charge in [-0.3, -0.25) is 0 Å². The van der Waals surface area contributed by atoms with Gasteiger partial charge in [0, 0.05) is 18.7 Å². The Labute approximate surface area is 120 Å². The van der Waals surface area contributed by atoms with Crippen LogP contribution in [0.4, 0.5) is 4.39 Å². The van der Waals surface area contributed by atoms with E-state index in [9.17, 15) is 4.39 Å². The van der Waals surface area contributed by atoms with Crippen LogP contribution in [-0.4, -0.2) is 26.9 Å². The minimum absolute atomic E-state index is 0.0319. The summed E-state index contributed by atoms with van der Waals surface area (Å²) in [7, 11) is 3.26. The average Bonchev–Trinajstić information content (AvgIpc) is 3.28. The summed E-state index contributed by atoms with van der Waals surface area (Å²) in [6.07, 6.45) is 3.38. The minimum atomic E-state index is -0.236. The van der Waals surface area contributed by atoms with Crippen molar-refractivity contribution in [3.05, 3.63) is 29.6 Å². The van der Waals surface area contributed by atoms with E-state index in [4.69, 9.17) is 9.47 Å². The number of benzene rings is 1. The molecule has 0 amide bonds. The Hall–Kier alpha value is -1.13. The van der Waals surface area contributed by atoms with Gasteiger partial charge in [-0.25, -0.2) is 4.39 Å². The summed E-state index contributed by atoms with van der Waals surface area (Å²) >= 11 is 0. The highest BCUT2D eigenvalue weighted by Gasteiger charge is 2.38. The van der Waals surface area contributed by atoms with Crippen LogP contribution in [0.1, 0.15) is 37.8 Å². The highest BCUT2D eigenvalue weighted by atomic mass is 19.1. The topological polar surface area (TPSA) is 30.5 Å². The largest absolute Gasteiger partial charge is 0.497 e. The number of methoxy groups -OCH3 is 2. The zero-order chi connectivity index (χ0) is 14.5. The fourth-order valence-corrected chi connectivity index (χ4v) is 2.62. The SMILES string of the molecule is CCCNC(c1ccc(OC)cc1F)C(OC)C1CC1. The van der Waals surface area contributed by atoms with E-state index in [0.29, 0.717) is 17.2 Å². The van der Waals surface area contributed by atoms with Gasteiger partial charge in [0.05, 0.1) is 19.3 Å². The molecule has 1 aliphatic carbocycles. The number of halogens is 1. The molecule has 2 atom stereocenters. The quantitative estimate of drug-likeness (QED) is 0.793. The molecule has 3 nitrogen and oxygen atoms in total. The van der Waals surface area contributed by atoms with Crippen LogP contribution in [0.15, 0.2) is 18.2 Å². The van der Waals surface area contributed by atoms with Gasteiger partial charge < -0.3 is 14.8 Å². The molecule has 0 radical (unpaired) electrons. The van der Waals surface area contributed by atoms with E-state index in [-0.39, 0.29) is 18.0 Å². The molecule has 1 fully saturated rings. The van der Waals surface area contributed by atoms with E-state index in [1.807, 2.05) is 0 Å². The smallest absolute Gasteiger partial charge is 0.131 e. The van der Waals surface area contributed by atoms with E-state index < -0.39 is 0 Å². The van der Waals surface area contributed by atoms with Crippen LogP contribution in [0, 0.1) is 11.7 Å². The fourth-order valence-electron chi connectivity index (χ4n) is 2.62. The van der Waals surface area contributed by atoms with Crippen LogP contribution in [-0.2, 0) is 4.74 Å². The lowest BCUT2D eigenvalue weighted by atomic mass is 9.97. The monoisotopic (exact) mass is 281 g/mol. The number of hydrogen-bond donors (Lipinski definition) is 1. The summed E-state index contributed by atoms with van der Waals surface area (Å²) in [6, 6.07) is 4.95. The molecule has 1 aliphatic rings. The third-order valence-corrected chi connectivity index (χ3v) is 3.84. The normalized spacial score (nSPS) is 17.8. The Morgan fingerprint density at radius 2 is 2.10 bits per heavy atom. The number of ether oxygens (including phenoxy) is 2. The molecule has 1 N–H and O–H groups in total. The third-order valence-electron chi connectivity index (χ3n) is 3.84. The lowest BCUT2D eigenvalue weighted by Gasteiger charge is -2.28. The standard InChI is InChI=1S/C16H24FNO2/c1-4-9-18-15(16(20-3)11-5-6-11)13-8-7-12(19-2)10-14(13)17/h7-8,10-11,15-16,18H,4-6,9H2,1-3H3. The maximum Gasteiger partial charge on any atom is 0.131 e. The second-order valence-electron chi connectivity index (χ2n) is 5.36. The maximum absolute atomic E-state index is 14.3. The molecule has 0 aromatic heterocycles. The molecule has 1 saturated carbocycles. The molecular formula is C16H24FNO2. The summed E-state index contributed by atoms with van der Waals surface area (Å²) in [4.78, 5) is 0. The van der Waals surface area contributed by atoms with Crippen molar-refractivity contribution in [2.45, 2.75) is 38.3 Å². The molecule has 2 rings (SSSR count). The van der Waals surface area contributed by atoms with Gasteiger partial charge in [-0.15, -0.1) is 0 Å². The van der Waals surface area contributed by atoms with Gasteiger partial charge in [0.15, 0.2) is 0 Å². The second-order valence-corrected chi connectivity index (χ2v) is 5.36. The summed E-state index contributed by atoms with van der Waals surface area (Å²) in [5.74, 6) is 0.845. The van der Waals surface area contributed by atoms with Crippen molar-refractivity contribution < 1.29 is 13.9 Å². The van der Waals surface area contributed by atoms with Gasteiger partial charge in [0.1, 0.15) is 11.6 Å². The first-order valence-electron chi connectivity index (χ1n) is 7.30. The van der Waals surface area contributed by atoms with Gasteiger partial charge in [-0.05, 0) is 37.8 Å². The molecule has 0 spiro atoms. The van der Waals surface area contributed by atoms with Crippen LogP contribution in [0.3, 0.4) is 0 Å². The molecule has 4 heteroatoms. The Morgan fingerprint density at radius 1 is 1.35 bits per heavy atom. The molecule has 2 unspecified atom stereocenters.